The van der Waals surface area contributed by atoms with E-state index in [1.807, 2.05) is 23.1 Å². The van der Waals surface area contributed by atoms with Gasteiger partial charge in [0.2, 0.25) is 0 Å². The fraction of sp³-hybridized carbons (Fsp3) is 0.381. The summed E-state index contributed by atoms with van der Waals surface area (Å²) >= 11 is 0. The number of aryl methyl sites for hydroxylation is 1. The molecule has 9 heteroatoms. The molecule has 0 atom stereocenters. The smallest absolute Gasteiger partial charge is 0.311 e. The molecule has 1 aromatic heterocycles. The highest BCUT2D eigenvalue weighted by atomic mass is 32.2. The number of nitro groups is 1. The molecule has 1 aliphatic rings. The number of hydrogen-bond acceptors (Lipinski definition) is 6. The number of aromatic nitrogens is 2. The first kappa shape index (κ1) is 20.3. The molecule has 158 valence electrons. The van der Waals surface area contributed by atoms with Crippen molar-refractivity contribution in [1.82, 2.24) is 9.55 Å². The predicted octanol–water partition coefficient (Wildman–Crippen LogP) is 3.75. The Labute approximate surface area is 175 Å². The van der Waals surface area contributed by atoms with E-state index in [0.29, 0.717) is 18.8 Å². The molecule has 1 aliphatic heterocycles. The van der Waals surface area contributed by atoms with Gasteiger partial charge in [0.15, 0.2) is 9.84 Å². The average Bonchev–Trinajstić information content (AvgIpc) is 3.11. The number of rotatable bonds is 5. The zero-order chi connectivity index (χ0) is 21.5. The molecule has 8 nitrogen and oxygen atoms in total. The first-order chi connectivity index (χ1) is 14.3. The van der Waals surface area contributed by atoms with E-state index in [1.54, 1.807) is 12.1 Å². The summed E-state index contributed by atoms with van der Waals surface area (Å²) in [5.41, 5.74) is 2.12. The molecule has 0 unspecified atom stereocenters. The topological polar surface area (TPSA) is 98.3 Å². The lowest BCUT2D eigenvalue weighted by Crippen LogP contribution is -2.35. The highest BCUT2D eigenvalue weighted by Gasteiger charge is 2.31. The Bertz CT molecular complexity index is 1210. The summed E-state index contributed by atoms with van der Waals surface area (Å²) in [5, 5.41) is 11.7. The van der Waals surface area contributed by atoms with E-state index < -0.39 is 14.8 Å². The Hall–Kier alpha value is -2.94. The van der Waals surface area contributed by atoms with Crippen molar-refractivity contribution in [3.05, 3.63) is 58.4 Å². The maximum atomic E-state index is 12.1. The van der Waals surface area contributed by atoms with E-state index in [-0.39, 0.29) is 16.6 Å². The van der Waals surface area contributed by atoms with Crippen LogP contribution < -0.4 is 4.90 Å². The molecule has 2 aromatic carbocycles. The van der Waals surface area contributed by atoms with Crippen molar-refractivity contribution in [2.75, 3.05) is 24.2 Å². The second kappa shape index (κ2) is 7.71. The Morgan fingerprint density at radius 1 is 1.13 bits per heavy atom. The predicted molar refractivity (Wildman–Crippen MR) is 116 cm³/mol. The number of nitrogens with zero attached hydrogens (tertiary/aromatic N) is 4. The molecule has 0 amide bonds. The Morgan fingerprint density at radius 3 is 2.47 bits per heavy atom. The number of imidazole rings is 1. The number of piperidine rings is 1. The van der Waals surface area contributed by atoms with Gasteiger partial charge >= 0.3 is 5.69 Å². The highest BCUT2D eigenvalue weighted by molar-refractivity contribution is 7.90. The van der Waals surface area contributed by atoms with Crippen LogP contribution in [-0.2, 0) is 16.3 Å². The van der Waals surface area contributed by atoms with Crippen LogP contribution in [0.25, 0.3) is 11.0 Å². The molecule has 0 spiro atoms. The van der Waals surface area contributed by atoms with Crippen molar-refractivity contribution in [3.63, 3.8) is 0 Å². The summed E-state index contributed by atoms with van der Waals surface area (Å²) in [7, 11) is -3.70. The molecule has 0 aliphatic carbocycles. The molecule has 1 fully saturated rings. The molecule has 0 N–H and O–H groups in total. The molecular weight excluding hydrogens is 404 g/mol. The van der Waals surface area contributed by atoms with Gasteiger partial charge in [-0.2, -0.15) is 0 Å². The molecule has 2 heterocycles. The quantitative estimate of drug-likeness (QED) is 0.453. The van der Waals surface area contributed by atoms with E-state index in [9.17, 15) is 18.5 Å². The number of anilines is 1. The van der Waals surface area contributed by atoms with Crippen molar-refractivity contribution in [2.45, 2.75) is 37.1 Å². The number of fused-ring (bicyclic) bond motifs is 1. The van der Waals surface area contributed by atoms with Crippen molar-refractivity contribution in [2.24, 2.45) is 0 Å². The van der Waals surface area contributed by atoms with Gasteiger partial charge in [-0.3, -0.25) is 10.1 Å². The fourth-order valence-corrected chi connectivity index (χ4v) is 5.22. The summed E-state index contributed by atoms with van der Waals surface area (Å²) in [5.74, 6) is 1.04. The largest absolute Gasteiger partial charge is 0.366 e. The second-order valence-electron chi connectivity index (χ2n) is 7.61. The van der Waals surface area contributed by atoms with Gasteiger partial charge in [0.1, 0.15) is 16.4 Å². The van der Waals surface area contributed by atoms with Gasteiger partial charge in [0, 0.05) is 31.8 Å². The summed E-state index contributed by atoms with van der Waals surface area (Å²) in [6.45, 7) is 3.30. The third kappa shape index (κ3) is 3.54. The fourth-order valence-electron chi connectivity index (χ4n) is 4.36. The standard InChI is InChI=1S/C21H24N4O4S/c1-3-20-22-16-7-4-5-8-17(16)24(20)15-11-13-23(14-12-15)18-9-6-10-19(30(2,28)29)21(18)25(26)27/h4-10,15H,3,11-14H2,1-2H3. The van der Waals surface area contributed by atoms with Gasteiger partial charge in [0.25, 0.3) is 0 Å². The SMILES string of the molecule is CCc1nc2ccccc2n1C1CCN(c2cccc(S(C)(=O)=O)c2[N+](=O)[O-])CC1. The van der Waals surface area contributed by atoms with Crippen molar-refractivity contribution < 1.29 is 13.3 Å². The first-order valence-corrected chi connectivity index (χ1v) is 11.9. The Morgan fingerprint density at radius 2 is 1.83 bits per heavy atom. The summed E-state index contributed by atoms with van der Waals surface area (Å²) in [6, 6.07) is 12.8. The summed E-state index contributed by atoms with van der Waals surface area (Å²) in [6.07, 6.45) is 3.43. The van der Waals surface area contributed by atoms with Crippen LogP contribution in [-0.4, -0.2) is 42.2 Å². The molecule has 0 radical (unpaired) electrons. The van der Waals surface area contributed by atoms with Gasteiger partial charge in [-0.1, -0.05) is 25.1 Å². The lowest BCUT2D eigenvalue weighted by molar-refractivity contribution is -0.387. The third-order valence-corrected chi connectivity index (χ3v) is 6.84. The minimum Gasteiger partial charge on any atom is -0.366 e. The molecule has 1 saturated heterocycles. The lowest BCUT2D eigenvalue weighted by Gasteiger charge is -2.35. The number of para-hydroxylation sites is 3. The zero-order valence-electron chi connectivity index (χ0n) is 17.0. The van der Waals surface area contributed by atoms with Crippen molar-refractivity contribution >= 4 is 32.2 Å². The van der Waals surface area contributed by atoms with Gasteiger partial charge in [-0.15, -0.1) is 0 Å². The third-order valence-electron chi connectivity index (χ3n) is 5.72. The minimum atomic E-state index is -3.70. The zero-order valence-corrected chi connectivity index (χ0v) is 17.8. The Kier molecular flexibility index (Phi) is 5.23. The maximum Gasteiger partial charge on any atom is 0.311 e. The Balaban J connectivity index is 1.65. The summed E-state index contributed by atoms with van der Waals surface area (Å²) < 4.78 is 26.4. The van der Waals surface area contributed by atoms with Crippen LogP contribution in [0.4, 0.5) is 11.4 Å². The lowest BCUT2D eigenvalue weighted by atomic mass is 10.0. The van der Waals surface area contributed by atoms with Crippen LogP contribution in [0, 0.1) is 10.1 Å². The van der Waals surface area contributed by atoms with E-state index >= 15 is 0 Å². The molecule has 3 aromatic rings. The van der Waals surface area contributed by atoms with Gasteiger partial charge < -0.3 is 9.47 Å². The number of sulfone groups is 1. The van der Waals surface area contributed by atoms with Gasteiger partial charge in [-0.25, -0.2) is 13.4 Å². The van der Waals surface area contributed by atoms with Crippen LogP contribution >= 0.6 is 0 Å². The van der Waals surface area contributed by atoms with Crippen LogP contribution in [0.15, 0.2) is 47.4 Å². The van der Waals surface area contributed by atoms with E-state index in [0.717, 1.165) is 42.4 Å². The van der Waals surface area contributed by atoms with Crippen molar-refractivity contribution in [1.29, 1.82) is 0 Å². The molecule has 4 rings (SSSR count). The van der Waals surface area contributed by atoms with Crippen molar-refractivity contribution in [3.8, 4) is 0 Å². The maximum absolute atomic E-state index is 12.1. The van der Waals surface area contributed by atoms with Crippen LogP contribution in [0.5, 0.6) is 0 Å². The average molecular weight is 429 g/mol. The first-order valence-electron chi connectivity index (χ1n) is 9.99. The van der Waals surface area contributed by atoms with Gasteiger partial charge in [0.05, 0.1) is 16.0 Å². The number of benzene rings is 2. The second-order valence-corrected chi connectivity index (χ2v) is 9.60. The van der Waals surface area contributed by atoms with E-state index in [2.05, 4.69) is 17.6 Å². The molecule has 30 heavy (non-hydrogen) atoms. The number of hydrogen-bond donors (Lipinski definition) is 0. The highest BCUT2D eigenvalue weighted by Crippen LogP contribution is 2.38. The normalized spacial score (nSPS) is 15.6. The molecule has 0 bridgehead atoms. The minimum absolute atomic E-state index is 0.235. The van der Waals surface area contributed by atoms with Crippen LogP contribution in [0.2, 0.25) is 0 Å². The summed E-state index contributed by atoms with van der Waals surface area (Å²) in [4.78, 5) is 17.6. The monoisotopic (exact) mass is 428 g/mol. The van der Waals surface area contributed by atoms with Gasteiger partial charge in [-0.05, 0) is 37.1 Å². The molecular formula is C21H24N4O4S. The molecule has 0 saturated carbocycles. The van der Waals surface area contributed by atoms with E-state index in [1.165, 1.54) is 6.07 Å². The van der Waals surface area contributed by atoms with Crippen LogP contribution in [0.3, 0.4) is 0 Å². The van der Waals surface area contributed by atoms with E-state index in [4.69, 9.17) is 4.98 Å². The van der Waals surface area contributed by atoms with Crippen LogP contribution in [0.1, 0.15) is 31.6 Å². The number of nitro benzene ring substituents is 1.